The van der Waals surface area contributed by atoms with Gasteiger partial charge in [-0.3, -0.25) is 9.89 Å². The Morgan fingerprint density at radius 2 is 2.20 bits per heavy atom. The summed E-state index contributed by atoms with van der Waals surface area (Å²) in [4.78, 5) is 14.0. The number of H-pyrrole nitrogens is 1. The second kappa shape index (κ2) is 5.38. The summed E-state index contributed by atoms with van der Waals surface area (Å²) < 4.78 is 0. The number of nitrogen functional groups attached to an aromatic ring is 1. The molecule has 1 atom stereocenters. The van der Waals surface area contributed by atoms with E-state index in [1.165, 1.54) is 11.3 Å². The van der Waals surface area contributed by atoms with Crippen molar-refractivity contribution in [2.45, 2.75) is 32.7 Å². The molecule has 1 aliphatic carbocycles. The third-order valence-corrected chi connectivity index (χ3v) is 5.76. The zero-order chi connectivity index (χ0) is 17.8. The number of nitrogens with one attached hydrogen (secondary N) is 2. The van der Waals surface area contributed by atoms with Crippen LogP contribution in [-0.2, 0) is 6.42 Å². The number of carbonyl (C=O) groups excluding carboxylic acids is 1. The van der Waals surface area contributed by atoms with Crippen LogP contribution in [0.4, 0.5) is 5.69 Å². The van der Waals surface area contributed by atoms with Gasteiger partial charge in [-0.05, 0) is 26.3 Å². The molecule has 0 bridgehead atoms. The summed E-state index contributed by atoms with van der Waals surface area (Å²) in [7, 11) is 0. The summed E-state index contributed by atoms with van der Waals surface area (Å²) in [5, 5.41) is 19.2. The fourth-order valence-electron chi connectivity index (χ4n) is 3.12. The molecule has 25 heavy (non-hydrogen) atoms. The van der Waals surface area contributed by atoms with Crippen LogP contribution >= 0.6 is 11.3 Å². The maximum Gasteiger partial charge on any atom is 0.264 e. The van der Waals surface area contributed by atoms with E-state index in [1.54, 1.807) is 6.20 Å². The molecule has 3 aromatic rings. The van der Waals surface area contributed by atoms with E-state index in [9.17, 15) is 4.79 Å². The minimum Gasteiger partial charge on any atom is -0.397 e. The Balaban J connectivity index is 1.67. The second-order valence-corrected chi connectivity index (χ2v) is 7.62. The number of aryl methyl sites for hydroxylation is 2. The highest BCUT2D eigenvalue weighted by atomic mass is 32.1. The number of carbonyl (C=O) groups is 1. The molecule has 7 nitrogen and oxygen atoms in total. The Bertz CT molecular complexity index is 1030. The molecular formula is C17H18N6OS. The number of nitrogens with two attached hydrogens (primary N) is 1. The molecule has 0 saturated carbocycles. The number of aromatic nitrogens is 4. The molecular weight excluding hydrogens is 336 g/mol. The Hall–Kier alpha value is -2.74. The maximum absolute atomic E-state index is 12.9. The van der Waals surface area contributed by atoms with Gasteiger partial charge in [0, 0.05) is 23.1 Å². The van der Waals surface area contributed by atoms with E-state index < -0.39 is 5.54 Å². The Morgan fingerprint density at radius 1 is 1.40 bits per heavy atom. The smallest absolute Gasteiger partial charge is 0.264 e. The minimum absolute atomic E-state index is 0.201. The molecule has 0 aromatic carbocycles. The van der Waals surface area contributed by atoms with Gasteiger partial charge in [-0.2, -0.15) is 10.2 Å². The highest BCUT2D eigenvalue weighted by Crippen LogP contribution is 2.35. The number of hydrogen-bond donors (Lipinski definition) is 3. The number of nitrogens with zero attached hydrogens (tertiary/aromatic N) is 3. The molecule has 8 heteroatoms. The van der Waals surface area contributed by atoms with Crippen molar-refractivity contribution in [3.05, 3.63) is 39.7 Å². The molecule has 0 radical (unpaired) electrons. The number of rotatable bonds is 2. The number of hydrogen-bond acceptors (Lipinski definition) is 6. The maximum atomic E-state index is 12.9. The number of thiophene rings is 1. The van der Waals surface area contributed by atoms with E-state index in [2.05, 4.69) is 25.7 Å². The lowest BCUT2D eigenvalue weighted by molar-refractivity contribution is 0.0927. The van der Waals surface area contributed by atoms with Gasteiger partial charge in [0.1, 0.15) is 9.71 Å². The van der Waals surface area contributed by atoms with Crippen LogP contribution in [0.5, 0.6) is 0 Å². The van der Waals surface area contributed by atoms with Crippen molar-refractivity contribution in [1.29, 1.82) is 0 Å². The highest BCUT2D eigenvalue weighted by molar-refractivity contribution is 7.21. The van der Waals surface area contributed by atoms with Gasteiger partial charge in [0.15, 0.2) is 0 Å². The minimum atomic E-state index is -0.504. The van der Waals surface area contributed by atoms with Crippen LogP contribution in [0.1, 0.15) is 39.1 Å². The molecule has 1 amide bonds. The van der Waals surface area contributed by atoms with E-state index >= 15 is 0 Å². The summed E-state index contributed by atoms with van der Waals surface area (Å²) in [6, 6.07) is 0. The van der Waals surface area contributed by atoms with Gasteiger partial charge < -0.3 is 11.1 Å². The van der Waals surface area contributed by atoms with Crippen LogP contribution in [0.25, 0.3) is 16.3 Å². The summed E-state index contributed by atoms with van der Waals surface area (Å²) >= 11 is 1.27. The quantitative estimate of drug-likeness (QED) is 0.654. The fraction of sp³-hybridized carbons (Fsp3) is 0.294. The Labute approximate surface area is 148 Å². The third kappa shape index (κ3) is 2.49. The molecule has 128 valence electrons. The number of aromatic amines is 1. The summed E-state index contributed by atoms with van der Waals surface area (Å²) in [6.45, 7) is 5.81. The first-order chi connectivity index (χ1) is 11.9. The van der Waals surface area contributed by atoms with Crippen LogP contribution in [0.15, 0.2) is 12.3 Å². The van der Waals surface area contributed by atoms with Crippen LogP contribution in [0.2, 0.25) is 0 Å². The molecule has 1 unspecified atom stereocenters. The number of fused-ring (bicyclic) bond motifs is 2. The van der Waals surface area contributed by atoms with Crippen LogP contribution in [0, 0.1) is 13.8 Å². The van der Waals surface area contributed by atoms with Gasteiger partial charge in [-0.1, -0.05) is 12.2 Å². The average molecular weight is 354 g/mol. The van der Waals surface area contributed by atoms with Gasteiger partial charge in [0.05, 0.1) is 23.1 Å². The van der Waals surface area contributed by atoms with Gasteiger partial charge >= 0.3 is 0 Å². The summed E-state index contributed by atoms with van der Waals surface area (Å²) in [5.74, 6) is -0.201. The fourth-order valence-corrected chi connectivity index (χ4v) is 4.11. The zero-order valence-corrected chi connectivity index (χ0v) is 15.0. The monoisotopic (exact) mass is 354 g/mol. The molecule has 3 aromatic heterocycles. The van der Waals surface area contributed by atoms with Gasteiger partial charge in [0.2, 0.25) is 0 Å². The average Bonchev–Trinajstić information content (AvgIpc) is 3.14. The molecule has 3 heterocycles. The van der Waals surface area contributed by atoms with Crippen molar-refractivity contribution in [2.75, 3.05) is 5.73 Å². The van der Waals surface area contributed by atoms with Crippen molar-refractivity contribution in [3.63, 3.8) is 0 Å². The van der Waals surface area contributed by atoms with Crippen molar-refractivity contribution < 1.29 is 4.79 Å². The zero-order valence-electron chi connectivity index (χ0n) is 14.2. The van der Waals surface area contributed by atoms with Crippen molar-refractivity contribution in [3.8, 4) is 0 Å². The lowest BCUT2D eigenvalue weighted by atomic mass is 9.88. The molecule has 4 N–H and O–H groups in total. The predicted molar refractivity (Wildman–Crippen MR) is 98.5 cm³/mol. The Morgan fingerprint density at radius 3 is 3.00 bits per heavy atom. The predicted octanol–water partition coefficient (Wildman–Crippen LogP) is 2.37. The van der Waals surface area contributed by atoms with E-state index in [0.29, 0.717) is 21.8 Å². The van der Waals surface area contributed by atoms with Crippen molar-refractivity contribution in [2.24, 2.45) is 0 Å². The first kappa shape index (κ1) is 15.8. The van der Waals surface area contributed by atoms with Crippen LogP contribution in [0.3, 0.4) is 0 Å². The number of amides is 1. The van der Waals surface area contributed by atoms with E-state index in [-0.39, 0.29) is 5.91 Å². The van der Waals surface area contributed by atoms with Crippen molar-refractivity contribution >= 4 is 39.2 Å². The van der Waals surface area contributed by atoms with E-state index in [1.807, 2.05) is 32.9 Å². The molecule has 0 aliphatic heterocycles. The van der Waals surface area contributed by atoms with E-state index in [0.717, 1.165) is 27.9 Å². The second-order valence-electron chi connectivity index (χ2n) is 6.62. The number of anilines is 1. The lowest BCUT2D eigenvalue weighted by Gasteiger charge is -2.29. The highest BCUT2D eigenvalue weighted by Gasteiger charge is 2.30. The molecule has 4 rings (SSSR count). The third-order valence-electron chi connectivity index (χ3n) is 4.67. The summed E-state index contributed by atoms with van der Waals surface area (Å²) in [5.41, 5.74) is 10.1. The first-order valence-corrected chi connectivity index (χ1v) is 8.75. The SMILES string of the molecule is Cc1nnc2sc(C(=O)NC3(C)C=Cc4cn[nH]c4C3)c(N)c2c1C. The van der Waals surface area contributed by atoms with Crippen LogP contribution in [-0.4, -0.2) is 31.8 Å². The lowest BCUT2D eigenvalue weighted by Crippen LogP contribution is -2.47. The molecule has 0 fully saturated rings. The molecule has 1 aliphatic rings. The summed E-state index contributed by atoms with van der Waals surface area (Å²) in [6.07, 6.45) is 6.38. The topological polar surface area (TPSA) is 110 Å². The Kier molecular flexibility index (Phi) is 3.40. The first-order valence-electron chi connectivity index (χ1n) is 7.94. The molecule has 0 saturated heterocycles. The molecule has 0 spiro atoms. The normalized spacial score (nSPS) is 19.2. The largest absolute Gasteiger partial charge is 0.397 e. The van der Waals surface area contributed by atoms with Gasteiger partial charge in [-0.15, -0.1) is 16.4 Å². The van der Waals surface area contributed by atoms with Gasteiger partial charge in [0.25, 0.3) is 5.91 Å². The van der Waals surface area contributed by atoms with Crippen molar-refractivity contribution in [1.82, 2.24) is 25.7 Å². The standard InChI is InChI=1S/C17H18N6OS/c1-8-9(2)21-23-16-12(8)13(18)14(25-16)15(24)20-17(3)5-4-10-7-19-22-11(10)6-17/h4-5,7H,6,18H2,1-3H3,(H,19,22)(H,20,24). The van der Waals surface area contributed by atoms with Gasteiger partial charge in [-0.25, -0.2) is 0 Å². The van der Waals surface area contributed by atoms with Crippen LogP contribution < -0.4 is 11.1 Å². The van der Waals surface area contributed by atoms with E-state index in [4.69, 9.17) is 5.73 Å².